The standard InChI is InChI=1S/C15H20BrNO/c1-12(13-7-3-2-4-8-13)14(18)17-15(11-16)9-5-6-10-15/h2-4,7-8,12H,5-6,9-11H2,1H3,(H,17,18). The van der Waals surface area contributed by atoms with Gasteiger partial charge >= 0.3 is 0 Å². The van der Waals surface area contributed by atoms with E-state index in [-0.39, 0.29) is 17.4 Å². The Morgan fingerprint density at radius 2 is 1.94 bits per heavy atom. The largest absolute Gasteiger partial charge is 0.349 e. The van der Waals surface area contributed by atoms with E-state index in [2.05, 4.69) is 21.2 Å². The highest BCUT2D eigenvalue weighted by molar-refractivity contribution is 9.09. The summed E-state index contributed by atoms with van der Waals surface area (Å²) in [6, 6.07) is 9.97. The molecule has 1 aliphatic carbocycles. The first kappa shape index (κ1) is 13.6. The topological polar surface area (TPSA) is 29.1 Å². The summed E-state index contributed by atoms with van der Waals surface area (Å²) in [7, 11) is 0. The molecule has 3 heteroatoms. The first-order chi connectivity index (χ1) is 8.67. The van der Waals surface area contributed by atoms with Crippen LogP contribution in [-0.4, -0.2) is 16.8 Å². The van der Waals surface area contributed by atoms with Crippen LogP contribution in [0, 0.1) is 0 Å². The van der Waals surface area contributed by atoms with Crippen molar-refractivity contribution in [3.05, 3.63) is 35.9 Å². The molecule has 1 aromatic carbocycles. The van der Waals surface area contributed by atoms with Gasteiger partial charge in [0.25, 0.3) is 0 Å². The lowest BCUT2D eigenvalue weighted by Gasteiger charge is -2.29. The van der Waals surface area contributed by atoms with E-state index in [1.165, 1.54) is 12.8 Å². The number of carbonyl (C=O) groups is 1. The van der Waals surface area contributed by atoms with Crippen molar-refractivity contribution in [2.75, 3.05) is 5.33 Å². The van der Waals surface area contributed by atoms with Crippen LogP contribution < -0.4 is 5.32 Å². The molecule has 1 aliphatic rings. The molecule has 0 bridgehead atoms. The van der Waals surface area contributed by atoms with Crippen molar-refractivity contribution >= 4 is 21.8 Å². The first-order valence-corrected chi connectivity index (χ1v) is 7.72. The highest BCUT2D eigenvalue weighted by Crippen LogP contribution is 2.32. The molecule has 2 rings (SSSR count). The van der Waals surface area contributed by atoms with Crippen LogP contribution >= 0.6 is 15.9 Å². The second-order valence-electron chi connectivity index (χ2n) is 5.24. The molecule has 1 saturated carbocycles. The number of nitrogens with one attached hydrogen (secondary N) is 1. The number of benzene rings is 1. The van der Waals surface area contributed by atoms with E-state index in [0.29, 0.717) is 0 Å². The van der Waals surface area contributed by atoms with Crippen molar-refractivity contribution in [1.82, 2.24) is 5.32 Å². The van der Waals surface area contributed by atoms with Crippen molar-refractivity contribution in [3.63, 3.8) is 0 Å². The zero-order chi connectivity index (χ0) is 13.0. The number of amides is 1. The number of carbonyl (C=O) groups excluding carboxylic acids is 1. The molecule has 1 fully saturated rings. The van der Waals surface area contributed by atoms with Crippen molar-refractivity contribution in [2.24, 2.45) is 0 Å². The van der Waals surface area contributed by atoms with Gasteiger partial charge in [-0.05, 0) is 25.3 Å². The van der Waals surface area contributed by atoms with Gasteiger partial charge in [0.05, 0.1) is 5.92 Å². The summed E-state index contributed by atoms with van der Waals surface area (Å²) >= 11 is 3.55. The van der Waals surface area contributed by atoms with Gasteiger partial charge in [0.2, 0.25) is 5.91 Å². The molecule has 2 nitrogen and oxygen atoms in total. The van der Waals surface area contributed by atoms with Gasteiger partial charge in [0.1, 0.15) is 0 Å². The molecule has 0 heterocycles. The van der Waals surface area contributed by atoms with Crippen molar-refractivity contribution in [3.8, 4) is 0 Å². The van der Waals surface area contributed by atoms with Crippen LogP contribution in [0.4, 0.5) is 0 Å². The summed E-state index contributed by atoms with van der Waals surface area (Å²) in [5.74, 6) is 0.0604. The fourth-order valence-electron chi connectivity index (χ4n) is 2.61. The van der Waals surface area contributed by atoms with E-state index in [0.717, 1.165) is 23.7 Å². The minimum Gasteiger partial charge on any atom is -0.349 e. The maximum atomic E-state index is 12.3. The normalized spacial score (nSPS) is 19.4. The van der Waals surface area contributed by atoms with E-state index in [4.69, 9.17) is 0 Å². The quantitative estimate of drug-likeness (QED) is 0.846. The molecule has 0 saturated heterocycles. The summed E-state index contributed by atoms with van der Waals surface area (Å²) in [6.07, 6.45) is 4.61. The maximum Gasteiger partial charge on any atom is 0.227 e. The van der Waals surface area contributed by atoms with E-state index < -0.39 is 0 Å². The van der Waals surface area contributed by atoms with Crippen LogP contribution in [0.5, 0.6) is 0 Å². The zero-order valence-electron chi connectivity index (χ0n) is 10.8. The van der Waals surface area contributed by atoms with E-state index in [9.17, 15) is 4.79 Å². The molecule has 1 unspecified atom stereocenters. The Morgan fingerprint density at radius 3 is 2.50 bits per heavy atom. The molecule has 1 amide bonds. The molecule has 18 heavy (non-hydrogen) atoms. The lowest BCUT2D eigenvalue weighted by molar-refractivity contribution is -0.123. The molecule has 1 aromatic rings. The SMILES string of the molecule is CC(C(=O)NC1(CBr)CCCC1)c1ccccc1. The predicted octanol–water partition coefficient (Wildman–Crippen LogP) is 3.61. The summed E-state index contributed by atoms with van der Waals surface area (Å²) in [6.45, 7) is 1.97. The molecule has 98 valence electrons. The highest BCUT2D eigenvalue weighted by atomic mass is 79.9. The Balaban J connectivity index is 2.03. The molecular weight excluding hydrogens is 290 g/mol. The Morgan fingerprint density at radius 1 is 1.33 bits per heavy atom. The molecule has 0 spiro atoms. The summed E-state index contributed by atoms with van der Waals surface area (Å²) < 4.78 is 0. The number of rotatable bonds is 4. The molecule has 0 aliphatic heterocycles. The van der Waals surface area contributed by atoms with Gasteiger partial charge in [-0.25, -0.2) is 0 Å². The number of alkyl halides is 1. The van der Waals surface area contributed by atoms with Crippen molar-refractivity contribution in [2.45, 2.75) is 44.1 Å². The average Bonchev–Trinajstić information content (AvgIpc) is 2.88. The molecule has 0 aromatic heterocycles. The number of hydrogen-bond donors (Lipinski definition) is 1. The van der Waals surface area contributed by atoms with E-state index in [1.807, 2.05) is 37.3 Å². The van der Waals surface area contributed by atoms with Gasteiger partial charge < -0.3 is 5.32 Å². The lowest BCUT2D eigenvalue weighted by atomic mass is 9.96. The predicted molar refractivity (Wildman–Crippen MR) is 78.0 cm³/mol. The molecule has 1 atom stereocenters. The van der Waals surface area contributed by atoms with Gasteiger partial charge in [-0.1, -0.05) is 59.1 Å². The van der Waals surface area contributed by atoms with Crippen LogP contribution in [0.3, 0.4) is 0 Å². The van der Waals surface area contributed by atoms with Crippen LogP contribution in [-0.2, 0) is 4.79 Å². The Hall–Kier alpha value is -0.830. The Labute approximate surface area is 117 Å². The van der Waals surface area contributed by atoms with Gasteiger partial charge in [-0.15, -0.1) is 0 Å². The molecular formula is C15H20BrNO. The van der Waals surface area contributed by atoms with E-state index in [1.54, 1.807) is 0 Å². The zero-order valence-corrected chi connectivity index (χ0v) is 12.4. The summed E-state index contributed by atoms with van der Waals surface area (Å²) in [5.41, 5.74) is 1.07. The molecule has 0 radical (unpaired) electrons. The number of hydrogen-bond acceptors (Lipinski definition) is 1. The van der Waals surface area contributed by atoms with Crippen LogP contribution in [0.1, 0.15) is 44.1 Å². The first-order valence-electron chi connectivity index (χ1n) is 6.60. The van der Waals surface area contributed by atoms with Crippen molar-refractivity contribution < 1.29 is 4.79 Å². The van der Waals surface area contributed by atoms with Crippen LogP contribution in [0.15, 0.2) is 30.3 Å². The smallest absolute Gasteiger partial charge is 0.227 e. The lowest BCUT2D eigenvalue weighted by Crippen LogP contribution is -2.49. The van der Waals surface area contributed by atoms with Crippen LogP contribution in [0.25, 0.3) is 0 Å². The molecule has 1 N–H and O–H groups in total. The third-order valence-corrected chi connectivity index (χ3v) is 4.97. The van der Waals surface area contributed by atoms with Crippen LogP contribution in [0.2, 0.25) is 0 Å². The second-order valence-corrected chi connectivity index (χ2v) is 5.80. The van der Waals surface area contributed by atoms with Gasteiger partial charge in [-0.3, -0.25) is 4.79 Å². The fourth-order valence-corrected chi connectivity index (χ4v) is 3.31. The minimum atomic E-state index is -0.0808. The third-order valence-electron chi connectivity index (χ3n) is 3.90. The summed E-state index contributed by atoms with van der Waals surface area (Å²) in [4.78, 5) is 12.3. The van der Waals surface area contributed by atoms with E-state index >= 15 is 0 Å². The Kier molecular flexibility index (Phi) is 4.44. The highest BCUT2D eigenvalue weighted by Gasteiger charge is 2.35. The monoisotopic (exact) mass is 309 g/mol. The minimum absolute atomic E-state index is 0.0138. The van der Waals surface area contributed by atoms with Gasteiger partial charge in [-0.2, -0.15) is 0 Å². The number of halogens is 1. The average molecular weight is 310 g/mol. The fraction of sp³-hybridized carbons (Fsp3) is 0.533. The van der Waals surface area contributed by atoms with Gasteiger partial charge in [0.15, 0.2) is 0 Å². The van der Waals surface area contributed by atoms with Gasteiger partial charge in [0, 0.05) is 10.9 Å². The maximum absolute atomic E-state index is 12.3. The third kappa shape index (κ3) is 2.94. The Bertz CT molecular complexity index is 398. The second kappa shape index (κ2) is 5.87. The van der Waals surface area contributed by atoms with Crippen molar-refractivity contribution in [1.29, 1.82) is 0 Å². The summed E-state index contributed by atoms with van der Waals surface area (Å²) in [5, 5.41) is 4.11.